The second-order valence-electron chi connectivity index (χ2n) is 4.78. The quantitative estimate of drug-likeness (QED) is 0.681. The minimum Gasteiger partial charge on any atom is -0.337 e. The number of nitrogens with zero attached hydrogens (tertiary/aromatic N) is 2. The van der Waals surface area contributed by atoms with Crippen LogP contribution in [0.2, 0.25) is 0 Å². The van der Waals surface area contributed by atoms with Crippen molar-refractivity contribution in [3.05, 3.63) is 39.4 Å². The molecule has 6 nitrogen and oxygen atoms in total. The van der Waals surface area contributed by atoms with Gasteiger partial charge in [-0.25, -0.2) is 0 Å². The van der Waals surface area contributed by atoms with E-state index in [1.54, 1.807) is 17.9 Å². The zero-order chi connectivity index (χ0) is 14.0. The molecule has 0 radical (unpaired) electrons. The van der Waals surface area contributed by atoms with E-state index in [4.69, 9.17) is 0 Å². The molecule has 0 saturated carbocycles. The predicted octanol–water partition coefficient (Wildman–Crippen LogP) is 1.76. The van der Waals surface area contributed by atoms with Crippen LogP contribution < -0.4 is 5.32 Å². The van der Waals surface area contributed by atoms with Crippen LogP contribution in [0, 0.1) is 17.0 Å². The van der Waals surface area contributed by atoms with Gasteiger partial charge in [0.05, 0.1) is 4.92 Å². The van der Waals surface area contributed by atoms with Crippen LogP contribution in [-0.2, 0) is 0 Å². The highest BCUT2D eigenvalue weighted by molar-refractivity contribution is 5.95. The van der Waals surface area contributed by atoms with E-state index in [9.17, 15) is 14.9 Å². The van der Waals surface area contributed by atoms with Gasteiger partial charge in [0.2, 0.25) is 0 Å². The minimum absolute atomic E-state index is 0. The Hall–Kier alpha value is -1.66. The summed E-state index contributed by atoms with van der Waals surface area (Å²) in [5.74, 6) is -0.0595. The van der Waals surface area contributed by atoms with Crippen molar-refractivity contribution in [3.8, 4) is 0 Å². The maximum atomic E-state index is 12.3. The number of likely N-dealkylation sites (N-methyl/N-ethyl adjacent to an activating group) is 1. The lowest BCUT2D eigenvalue weighted by atomic mass is 10.1. The molecular weight excluding hydrogens is 282 g/mol. The number of aryl methyl sites for hydroxylation is 1. The topological polar surface area (TPSA) is 75.5 Å². The maximum absolute atomic E-state index is 12.3. The Balaban J connectivity index is 0.00000200. The van der Waals surface area contributed by atoms with Gasteiger partial charge in [0.15, 0.2) is 0 Å². The van der Waals surface area contributed by atoms with Crippen molar-refractivity contribution in [2.24, 2.45) is 0 Å². The Labute approximate surface area is 123 Å². The van der Waals surface area contributed by atoms with Crippen molar-refractivity contribution in [3.63, 3.8) is 0 Å². The molecule has 1 N–H and O–H groups in total. The zero-order valence-electron chi connectivity index (χ0n) is 11.5. The van der Waals surface area contributed by atoms with E-state index in [1.165, 1.54) is 12.1 Å². The molecule has 110 valence electrons. The van der Waals surface area contributed by atoms with Crippen LogP contribution in [0.15, 0.2) is 18.2 Å². The Morgan fingerprint density at radius 1 is 1.50 bits per heavy atom. The van der Waals surface area contributed by atoms with Crippen LogP contribution in [-0.4, -0.2) is 41.9 Å². The van der Waals surface area contributed by atoms with Crippen molar-refractivity contribution in [2.45, 2.75) is 19.4 Å². The summed E-state index contributed by atoms with van der Waals surface area (Å²) in [4.78, 5) is 24.4. The third-order valence-corrected chi connectivity index (χ3v) is 3.52. The number of carbonyl (C=O) groups excluding carboxylic acids is 1. The summed E-state index contributed by atoms with van der Waals surface area (Å²) in [6, 6.07) is 4.85. The second kappa shape index (κ2) is 6.67. The summed E-state index contributed by atoms with van der Waals surface area (Å²) in [6.45, 7) is 3.06. The summed E-state index contributed by atoms with van der Waals surface area (Å²) >= 11 is 0. The molecule has 1 saturated heterocycles. The fourth-order valence-electron chi connectivity index (χ4n) is 2.36. The average Bonchev–Trinajstić information content (AvgIpc) is 2.86. The van der Waals surface area contributed by atoms with Crippen LogP contribution >= 0.6 is 12.4 Å². The fourth-order valence-corrected chi connectivity index (χ4v) is 2.36. The van der Waals surface area contributed by atoms with Crippen LogP contribution in [0.5, 0.6) is 0 Å². The minimum atomic E-state index is -0.434. The number of hydrogen-bond donors (Lipinski definition) is 1. The van der Waals surface area contributed by atoms with E-state index in [-0.39, 0.29) is 24.0 Å². The summed E-state index contributed by atoms with van der Waals surface area (Å²) in [5.41, 5.74) is 1.08. The lowest BCUT2D eigenvalue weighted by Gasteiger charge is -2.16. The average molecular weight is 300 g/mol. The van der Waals surface area contributed by atoms with Crippen molar-refractivity contribution in [2.75, 3.05) is 20.1 Å². The summed E-state index contributed by atoms with van der Waals surface area (Å²) in [6.07, 6.45) is 0.939. The smallest absolute Gasteiger partial charge is 0.272 e. The standard InChI is InChI=1S/C13H17N3O3.ClH/c1-9-7-10(3-4-12(9)16(18)19)13(17)15-6-5-11(8-15)14-2;/h3-4,7,11,14H,5-6,8H2,1-2H3;1H. The van der Waals surface area contributed by atoms with Gasteiger partial charge in [-0.05, 0) is 32.5 Å². The molecule has 1 fully saturated rings. The molecule has 0 bridgehead atoms. The van der Waals surface area contributed by atoms with Crippen molar-refractivity contribution in [1.29, 1.82) is 0 Å². The number of benzene rings is 1. The molecule has 7 heteroatoms. The number of nitro groups is 1. The number of nitro benzene ring substituents is 1. The fraction of sp³-hybridized carbons (Fsp3) is 0.462. The largest absolute Gasteiger partial charge is 0.337 e. The first-order chi connectivity index (χ1) is 9.02. The Kier molecular flexibility index (Phi) is 5.47. The van der Waals surface area contributed by atoms with Crippen molar-refractivity contribution in [1.82, 2.24) is 10.2 Å². The summed E-state index contributed by atoms with van der Waals surface area (Å²) < 4.78 is 0. The highest BCUT2D eigenvalue weighted by Crippen LogP contribution is 2.21. The van der Waals surface area contributed by atoms with E-state index in [2.05, 4.69) is 5.32 Å². The highest BCUT2D eigenvalue weighted by Gasteiger charge is 2.26. The first-order valence-electron chi connectivity index (χ1n) is 6.24. The molecular formula is C13H18ClN3O3. The van der Waals surface area contributed by atoms with Gasteiger partial charge in [0.1, 0.15) is 0 Å². The molecule has 1 heterocycles. The van der Waals surface area contributed by atoms with Gasteiger partial charge >= 0.3 is 0 Å². The number of likely N-dealkylation sites (tertiary alicyclic amines) is 1. The number of rotatable bonds is 3. The van der Waals surface area contributed by atoms with Crippen LogP contribution in [0.3, 0.4) is 0 Å². The lowest BCUT2D eigenvalue weighted by Crippen LogP contribution is -2.33. The number of hydrogen-bond acceptors (Lipinski definition) is 4. The normalized spacial score (nSPS) is 17.7. The first-order valence-corrected chi connectivity index (χ1v) is 6.24. The molecule has 1 aromatic rings. The first kappa shape index (κ1) is 16.4. The molecule has 0 aromatic heterocycles. The molecule has 1 unspecified atom stereocenters. The van der Waals surface area contributed by atoms with Gasteiger partial charge in [-0.1, -0.05) is 0 Å². The van der Waals surface area contributed by atoms with Gasteiger partial charge in [-0.3, -0.25) is 14.9 Å². The van der Waals surface area contributed by atoms with Gasteiger partial charge in [-0.15, -0.1) is 12.4 Å². The Bertz CT molecular complexity index is 522. The molecule has 1 amide bonds. The van der Waals surface area contributed by atoms with Crippen molar-refractivity contribution >= 4 is 24.0 Å². The summed E-state index contributed by atoms with van der Waals surface area (Å²) in [5, 5.41) is 13.9. The predicted molar refractivity (Wildman–Crippen MR) is 78.4 cm³/mol. The van der Waals surface area contributed by atoms with Crippen LogP contribution in [0.25, 0.3) is 0 Å². The van der Waals surface area contributed by atoms with E-state index in [0.717, 1.165) is 13.0 Å². The number of carbonyl (C=O) groups is 1. The number of nitrogens with one attached hydrogen (secondary N) is 1. The molecule has 1 atom stereocenters. The SMILES string of the molecule is CNC1CCN(C(=O)c2ccc([N+](=O)[O-])c(C)c2)C1.Cl. The Morgan fingerprint density at radius 3 is 2.70 bits per heavy atom. The molecule has 20 heavy (non-hydrogen) atoms. The van der Waals surface area contributed by atoms with Gasteiger partial charge in [0.25, 0.3) is 11.6 Å². The van der Waals surface area contributed by atoms with Gasteiger partial charge < -0.3 is 10.2 Å². The summed E-state index contributed by atoms with van der Waals surface area (Å²) in [7, 11) is 1.88. The number of halogens is 1. The van der Waals surface area contributed by atoms with Gasteiger partial charge in [0, 0.05) is 36.3 Å². The molecule has 2 rings (SSSR count). The third-order valence-electron chi connectivity index (χ3n) is 3.52. The van der Waals surface area contributed by atoms with Crippen molar-refractivity contribution < 1.29 is 9.72 Å². The van der Waals surface area contributed by atoms with E-state index < -0.39 is 4.92 Å². The van der Waals surface area contributed by atoms with Gasteiger partial charge in [-0.2, -0.15) is 0 Å². The molecule has 1 aromatic carbocycles. The van der Waals surface area contributed by atoms with E-state index >= 15 is 0 Å². The molecule has 1 aliphatic heterocycles. The van der Waals surface area contributed by atoms with Crippen LogP contribution in [0.1, 0.15) is 22.3 Å². The molecule has 0 spiro atoms. The highest BCUT2D eigenvalue weighted by atomic mass is 35.5. The zero-order valence-corrected chi connectivity index (χ0v) is 12.3. The lowest BCUT2D eigenvalue weighted by molar-refractivity contribution is -0.385. The maximum Gasteiger partial charge on any atom is 0.272 e. The molecule has 1 aliphatic rings. The monoisotopic (exact) mass is 299 g/mol. The Morgan fingerprint density at radius 2 is 2.20 bits per heavy atom. The second-order valence-corrected chi connectivity index (χ2v) is 4.78. The molecule has 0 aliphatic carbocycles. The third kappa shape index (κ3) is 3.26. The van der Waals surface area contributed by atoms with E-state index in [1.807, 2.05) is 7.05 Å². The number of amides is 1. The van der Waals surface area contributed by atoms with Crippen LogP contribution in [0.4, 0.5) is 5.69 Å². The van der Waals surface area contributed by atoms with E-state index in [0.29, 0.717) is 23.7 Å².